The van der Waals surface area contributed by atoms with Gasteiger partial charge in [0.05, 0.1) is 19.8 Å². The van der Waals surface area contributed by atoms with Crippen LogP contribution < -0.4 is 4.74 Å². The van der Waals surface area contributed by atoms with E-state index in [4.69, 9.17) is 9.47 Å². The Hall–Kier alpha value is -3.14. The third-order valence-corrected chi connectivity index (χ3v) is 3.88. The summed E-state index contributed by atoms with van der Waals surface area (Å²) in [6.45, 7) is 0. The quantitative estimate of drug-likeness (QED) is 0.541. The zero-order valence-corrected chi connectivity index (χ0v) is 13.4. The van der Waals surface area contributed by atoms with Gasteiger partial charge >= 0.3 is 5.97 Å². The second-order valence-corrected chi connectivity index (χ2v) is 5.33. The van der Waals surface area contributed by atoms with Crippen LogP contribution in [0.25, 0.3) is 10.8 Å². The molecule has 0 saturated carbocycles. The van der Waals surface area contributed by atoms with Crippen molar-refractivity contribution in [1.29, 1.82) is 0 Å². The Balaban J connectivity index is 1.94. The highest BCUT2D eigenvalue weighted by molar-refractivity contribution is 6.11. The summed E-state index contributed by atoms with van der Waals surface area (Å²) in [4.78, 5) is 24.2. The van der Waals surface area contributed by atoms with Crippen LogP contribution in [0.3, 0.4) is 0 Å². The van der Waals surface area contributed by atoms with Crippen LogP contribution in [0, 0.1) is 0 Å². The van der Waals surface area contributed by atoms with Crippen molar-refractivity contribution in [2.45, 2.75) is 0 Å². The SMILES string of the molecule is COC(=O)c1ccc2cc(C(=O)c3ccc(OC)cc3)ccc2c1. The summed E-state index contributed by atoms with van der Waals surface area (Å²) in [5.41, 5.74) is 1.68. The molecule has 3 aromatic carbocycles. The van der Waals surface area contributed by atoms with Gasteiger partial charge in [0.2, 0.25) is 0 Å². The maximum Gasteiger partial charge on any atom is 0.337 e. The molecule has 0 aliphatic heterocycles. The van der Waals surface area contributed by atoms with Crippen molar-refractivity contribution in [3.63, 3.8) is 0 Å². The number of methoxy groups -OCH3 is 2. The maximum atomic E-state index is 12.6. The molecular formula is C20H16O4. The number of hydrogen-bond donors (Lipinski definition) is 0. The van der Waals surface area contributed by atoms with Gasteiger partial charge in [-0.3, -0.25) is 4.79 Å². The van der Waals surface area contributed by atoms with Crippen LogP contribution in [0.4, 0.5) is 0 Å². The monoisotopic (exact) mass is 320 g/mol. The third-order valence-electron chi connectivity index (χ3n) is 3.88. The van der Waals surface area contributed by atoms with Crippen molar-refractivity contribution in [2.24, 2.45) is 0 Å². The summed E-state index contributed by atoms with van der Waals surface area (Å²) >= 11 is 0. The van der Waals surface area contributed by atoms with E-state index < -0.39 is 0 Å². The first-order chi connectivity index (χ1) is 11.6. The van der Waals surface area contributed by atoms with Crippen LogP contribution in [0.2, 0.25) is 0 Å². The molecule has 0 spiro atoms. The van der Waals surface area contributed by atoms with Gasteiger partial charge in [-0.15, -0.1) is 0 Å². The number of ether oxygens (including phenoxy) is 2. The fraction of sp³-hybridized carbons (Fsp3) is 0.100. The highest BCUT2D eigenvalue weighted by Crippen LogP contribution is 2.21. The van der Waals surface area contributed by atoms with Crippen LogP contribution in [-0.4, -0.2) is 26.0 Å². The Bertz CT molecular complexity index is 911. The Morgan fingerprint density at radius 1 is 0.708 bits per heavy atom. The van der Waals surface area contributed by atoms with Gasteiger partial charge in [0.15, 0.2) is 5.78 Å². The van der Waals surface area contributed by atoms with Crippen molar-refractivity contribution >= 4 is 22.5 Å². The van der Waals surface area contributed by atoms with Gasteiger partial charge in [0.25, 0.3) is 0 Å². The lowest BCUT2D eigenvalue weighted by atomic mass is 9.99. The minimum atomic E-state index is -0.379. The zero-order chi connectivity index (χ0) is 17.1. The molecule has 0 amide bonds. The Kier molecular flexibility index (Phi) is 4.29. The molecular weight excluding hydrogens is 304 g/mol. The zero-order valence-electron chi connectivity index (χ0n) is 13.4. The first kappa shape index (κ1) is 15.7. The third kappa shape index (κ3) is 2.99. The second kappa shape index (κ2) is 6.54. The average Bonchev–Trinajstić information content (AvgIpc) is 2.66. The van der Waals surface area contributed by atoms with E-state index in [1.807, 2.05) is 18.2 Å². The molecule has 0 aliphatic rings. The molecule has 3 aromatic rings. The molecule has 0 radical (unpaired) electrons. The summed E-state index contributed by atoms with van der Waals surface area (Å²) in [5, 5.41) is 1.77. The van der Waals surface area contributed by atoms with Crippen LogP contribution >= 0.6 is 0 Å². The standard InChI is InChI=1S/C20H16O4/c1-23-18-9-7-13(8-10-18)19(21)16-5-3-15-12-17(20(22)24-2)6-4-14(15)11-16/h3-12H,1-2H3. The van der Waals surface area contributed by atoms with Crippen LogP contribution in [0.15, 0.2) is 60.7 Å². The fourth-order valence-electron chi connectivity index (χ4n) is 2.54. The van der Waals surface area contributed by atoms with E-state index in [0.717, 1.165) is 10.8 Å². The molecule has 0 heterocycles. The molecule has 0 bridgehead atoms. The largest absolute Gasteiger partial charge is 0.497 e. The Labute approximate surface area is 139 Å². The summed E-state index contributed by atoms with van der Waals surface area (Å²) < 4.78 is 9.82. The summed E-state index contributed by atoms with van der Waals surface area (Å²) in [7, 11) is 2.94. The molecule has 0 N–H and O–H groups in total. The highest BCUT2D eigenvalue weighted by Gasteiger charge is 2.11. The molecule has 4 nitrogen and oxygen atoms in total. The highest BCUT2D eigenvalue weighted by atomic mass is 16.5. The number of fused-ring (bicyclic) bond motifs is 1. The van der Waals surface area contributed by atoms with Gasteiger partial charge in [-0.1, -0.05) is 18.2 Å². The average molecular weight is 320 g/mol. The number of ketones is 1. The van der Waals surface area contributed by atoms with Crippen molar-refractivity contribution in [2.75, 3.05) is 14.2 Å². The molecule has 0 unspecified atom stereocenters. The van der Waals surface area contributed by atoms with Gasteiger partial charge in [0.1, 0.15) is 5.75 Å². The summed E-state index contributed by atoms with van der Waals surface area (Å²) in [6.07, 6.45) is 0. The number of carbonyl (C=O) groups excluding carboxylic acids is 2. The predicted octanol–water partition coefficient (Wildman–Crippen LogP) is 3.87. The first-order valence-electron chi connectivity index (χ1n) is 7.43. The van der Waals surface area contributed by atoms with Gasteiger partial charge < -0.3 is 9.47 Å². The minimum Gasteiger partial charge on any atom is -0.497 e. The predicted molar refractivity (Wildman–Crippen MR) is 91.7 cm³/mol. The molecule has 0 atom stereocenters. The Morgan fingerprint density at radius 2 is 1.25 bits per heavy atom. The molecule has 0 fully saturated rings. The van der Waals surface area contributed by atoms with Gasteiger partial charge in [-0.05, 0) is 53.2 Å². The smallest absolute Gasteiger partial charge is 0.337 e. The number of rotatable bonds is 4. The van der Waals surface area contributed by atoms with E-state index in [1.54, 1.807) is 49.6 Å². The lowest BCUT2D eigenvalue weighted by Crippen LogP contribution is -2.02. The lowest BCUT2D eigenvalue weighted by Gasteiger charge is -2.06. The van der Waals surface area contributed by atoms with Crippen molar-refractivity contribution < 1.29 is 19.1 Å². The minimum absolute atomic E-state index is 0.0587. The van der Waals surface area contributed by atoms with Crippen LogP contribution in [0.5, 0.6) is 5.75 Å². The molecule has 120 valence electrons. The molecule has 0 saturated heterocycles. The maximum absolute atomic E-state index is 12.6. The number of esters is 1. The van der Waals surface area contributed by atoms with Crippen LogP contribution in [0.1, 0.15) is 26.3 Å². The summed E-state index contributed by atoms with van der Waals surface area (Å²) in [5.74, 6) is 0.271. The molecule has 0 aliphatic carbocycles. The Morgan fingerprint density at radius 3 is 1.83 bits per heavy atom. The molecule has 3 rings (SSSR count). The molecule has 0 aromatic heterocycles. The van der Waals surface area contributed by atoms with Gasteiger partial charge in [-0.2, -0.15) is 0 Å². The van der Waals surface area contributed by atoms with E-state index in [2.05, 4.69) is 0 Å². The fourth-order valence-corrected chi connectivity index (χ4v) is 2.54. The molecule has 4 heteroatoms. The normalized spacial score (nSPS) is 10.4. The van der Waals surface area contributed by atoms with Crippen molar-refractivity contribution in [1.82, 2.24) is 0 Å². The molecule has 24 heavy (non-hydrogen) atoms. The summed E-state index contributed by atoms with van der Waals surface area (Å²) in [6, 6.07) is 17.7. The van der Waals surface area contributed by atoms with E-state index in [0.29, 0.717) is 22.4 Å². The number of hydrogen-bond acceptors (Lipinski definition) is 4. The van der Waals surface area contributed by atoms with Crippen molar-refractivity contribution in [3.8, 4) is 5.75 Å². The second-order valence-electron chi connectivity index (χ2n) is 5.33. The topological polar surface area (TPSA) is 52.6 Å². The van der Waals surface area contributed by atoms with Crippen LogP contribution in [-0.2, 0) is 4.74 Å². The van der Waals surface area contributed by atoms with E-state index >= 15 is 0 Å². The lowest BCUT2D eigenvalue weighted by molar-refractivity contribution is 0.0601. The van der Waals surface area contributed by atoms with E-state index in [9.17, 15) is 9.59 Å². The van der Waals surface area contributed by atoms with Gasteiger partial charge in [0, 0.05) is 11.1 Å². The number of benzene rings is 3. The number of carbonyl (C=O) groups is 2. The van der Waals surface area contributed by atoms with Gasteiger partial charge in [-0.25, -0.2) is 4.79 Å². The first-order valence-corrected chi connectivity index (χ1v) is 7.43. The van der Waals surface area contributed by atoms with E-state index in [1.165, 1.54) is 7.11 Å². The van der Waals surface area contributed by atoms with Crippen molar-refractivity contribution in [3.05, 3.63) is 77.4 Å². The van der Waals surface area contributed by atoms with E-state index in [-0.39, 0.29) is 11.8 Å².